The Bertz CT molecular complexity index is 541. The molecule has 0 amide bonds. The van der Waals surface area contributed by atoms with E-state index >= 15 is 0 Å². The number of hydrogen-bond donors (Lipinski definition) is 1. The highest BCUT2D eigenvalue weighted by Crippen LogP contribution is 2.28. The summed E-state index contributed by atoms with van der Waals surface area (Å²) in [6.45, 7) is 6.69. The van der Waals surface area contributed by atoms with Gasteiger partial charge in [0, 0.05) is 16.8 Å². The van der Waals surface area contributed by atoms with Crippen LogP contribution in [0.4, 0.5) is 5.69 Å². The van der Waals surface area contributed by atoms with Gasteiger partial charge in [0.1, 0.15) is 0 Å². The van der Waals surface area contributed by atoms with E-state index in [9.17, 15) is 0 Å². The molecule has 0 aliphatic rings. The van der Waals surface area contributed by atoms with Gasteiger partial charge >= 0.3 is 0 Å². The fraction of sp³-hybridized carbons (Fsp3) is 0.312. The van der Waals surface area contributed by atoms with Gasteiger partial charge in [0.05, 0.1) is 11.9 Å². The smallest absolute Gasteiger partial charge is 0.0638 e. The van der Waals surface area contributed by atoms with Gasteiger partial charge in [-0.1, -0.05) is 45.0 Å². The van der Waals surface area contributed by atoms with Crippen molar-refractivity contribution in [1.82, 2.24) is 4.98 Å². The number of rotatable bonds is 3. The third-order valence-electron chi connectivity index (χ3n) is 3.02. The van der Waals surface area contributed by atoms with Crippen LogP contribution in [0.25, 0.3) is 0 Å². The molecule has 2 nitrogen and oxygen atoms in total. The van der Waals surface area contributed by atoms with Crippen molar-refractivity contribution >= 4 is 17.4 Å². The fourth-order valence-electron chi connectivity index (χ4n) is 1.79. The predicted molar refractivity (Wildman–Crippen MR) is 83.4 cm³/mol. The van der Waals surface area contributed by atoms with Crippen LogP contribution in [0.5, 0.6) is 0 Å². The van der Waals surface area contributed by atoms with E-state index in [0.717, 1.165) is 16.3 Å². The molecule has 1 aromatic heterocycles. The summed E-state index contributed by atoms with van der Waals surface area (Å²) in [5, 5.41) is 0. The lowest BCUT2D eigenvalue weighted by Crippen LogP contribution is -2.10. The standard InChI is InChI=1S/C16H20N2S/c1-16(2,3)13-6-4-12(5-7-13)11-19-15-8-9-18-10-14(15)17/h4-10H,11,17H2,1-3H3. The molecule has 2 rings (SSSR count). The van der Waals surface area contributed by atoms with Crippen LogP contribution in [-0.2, 0) is 11.2 Å². The summed E-state index contributed by atoms with van der Waals surface area (Å²) >= 11 is 1.75. The molecule has 2 aromatic rings. The maximum absolute atomic E-state index is 5.88. The number of anilines is 1. The van der Waals surface area contributed by atoms with E-state index in [2.05, 4.69) is 50.0 Å². The van der Waals surface area contributed by atoms with Crippen LogP contribution in [-0.4, -0.2) is 4.98 Å². The lowest BCUT2D eigenvalue weighted by Gasteiger charge is -2.19. The van der Waals surface area contributed by atoms with Gasteiger partial charge in [-0.25, -0.2) is 0 Å². The van der Waals surface area contributed by atoms with Crippen molar-refractivity contribution in [3.05, 3.63) is 53.9 Å². The zero-order chi connectivity index (χ0) is 13.9. The van der Waals surface area contributed by atoms with Crippen molar-refractivity contribution < 1.29 is 0 Å². The molecule has 0 aliphatic heterocycles. The SMILES string of the molecule is CC(C)(C)c1ccc(CSc2ccncc2N)cc1. The van der Waals surface area contributed by atoms with E-state index in [1.807, 2.05) is 6.07 Å². The monoisotopic (exact) mass is 272 g/mol. The molecular formula is C16H20N2S. The van der Waals surface area contributed by atoms with Gasteiger partial charge in [-0.15, -0.1) is 11.8 Å². The summed E-state index contributed by atoms with van der Waals surface area (Å²) in [4.78, 5) is 5.09. The first kappa shape index (κ1) is 13.9. The van der Waals surface area contributed by atoms with Crippen LogP contribution >= 0.6 is 11.8 Å². The number of nitrogens with two attached hydrogens (primary N) is 1. The number of nitrogen functional groups attached to an aromatic ring is 1. The molecule has 1 aromatic carbocycles. The molecule has 1 heterocycles. The minimum absolute atomic E-state index is 0.210. The maximum Gasteiger partial charge on any atom is 0.0638 e. The third kappa shape index (κ3) is 3.74. The molecule has 0 spiro atoms. The molecule has 19 heavy (non-hydrogen) atoms. The van der Waals surface area contributed by atoms with Crippen molar-refractivity contribution in [2.24, 2.45) is 0 Å². The average molecular weight is 272 g/mol. The van der Waals surface area contributed by atoms with Crippen LogP contribution in [0, 0.1) is 0 Å². The van der Waals surface area contributed by atoms with E-state index in [0.29, 0.717) is 0 Å². The lowest BCUT2D eigenvalue weighted by molar-refractivity contribution is 0.590. The lowest BCUT2D eigenvalue weighted by atomic mass is 9.87. The van der Waals surface area contributed by atoms with Crippen LogP contribution in [0.15, 0.2) is 47.6 Å². The maximum atomic E-state index is 5.88. The largest absolute Gasteiger partial charge is 0.397 e. The number of hydrogen-bond acceptors (Lipinski definition) is 3. The molecule has 0 saturated carbocycles. The quantitative estimate of drug-likeness (QED) is 0.849. The van der Waals surface area contributed by atoms with Crippen LogP contribution in [0.3, 0.4) is 0 Å². The van der Waals surface area contributed by atoms with E-state index in [1.165, 1.54) is 11.1 Å². The summed E-state index contributed by atoms with van der Waals surface area (Å²) in [6.07, 6.45) is 3.48. The zero-order valence-electron chi connectivity index (χ0n) is 11.7. The summed E-state index contributed by atoms with van der Waals surface area (Å²) in [7, 11) is 0. The number of nitrogens with zero attached hydrogens (tertiary/aromatic N) is 1. The highest BCUT2D eigenvalue weighted by Gasteiger charge is 2.12. The van der Waals surface area contributed by atoms with Gasteiger partial charge < -0.3 is 5.73 Å². The predicted octanol–water partition coefficient (Wildman–Crippen LogP) is 4.25. The molecule has 0 fully saturated rings. The van der Waals surface area contributed by atoms with Crippen molar-refractivity contribution in [2.75, 3.05) is 5.73 Å². The molecule has 0 unspecified atom stereocenters. The normalized spacial score (nSPS) is 11.5. The first-order valence-corrected chi connectivity index (χ1v) is 7.37. The van der Waals surface area contributed by atoms with Crippen molar-refractivity contribution in [3.8, 4) is 0 Å². The second-order valence-electron chi connectivity index (χ2n) is 5.65. The molecule has 0 bridgehead atoms. The van der Waals surface area contributed by atoms with Crippen molar-refractivity contribution in [2.45, 2.75) is 36.8 Å². The minimum Gasteiger partial charge on any atom is -0.397 e. The van der Waals surface area contributed by atoms with Gasteiger partial charge in [0.25, 0.3) is 0 Å². The van der Waals surface area contributed by atoms with E-state index in [-0.39, 0.29) is 5.41 Å². The highest BCUT2D eigenvalue weighted by atomic mass is 32.2. The Labute approximate surface area is 119 Å². The number of benzene rings is 1. The molecule has 100 valence electrons. The Morgan fingerprint density at radius 1 is 1.11 bits per heavy atom. The Kier molecular flexibility index (Phi) is 4.15. The van der Waals surface area contributed by atoms with Crippen LogP contribution in [0.2, 0.25) is 0 Å². The van der Waals surface area contributed by atoms with Gasteiger partial charge in [0.2, 0.25) is 0 Å². The fourth-order valence-corrected chi connectivity index (χ4v) is 2.68. The number of pyridine rings is 1. The molecule has 0 radical (unpaired) electrons. The highest BCUT2D eigenvalue weighted by molar-refractivity contribution is 7.98. The van der Waals surface area contributed by atoms with Crippen molar-refractivity contribution in [3.63, 3.8) is 0 Å². The molecular weight excluding hydrogens is 252 g/mol. The summed E-state index contributed by atoms with van der Waals surface area (Å²) < 4.78 is 0. The molecule has 0 atom stereocenters. The van der Waals surface area contributed by atoms with E-state index in [1.54, 1.807) is 24.2 Å². The summed E-state index contributed by atoms with van der Waals surface area (Å²) in [5.41, 5.74) is 9.52. The van der Waals surface area contributed by atoms with Crippen molar-refractivity contribution in [1.29, 1.82) is 0 Å². The second-order valence-corrected chi connectivity index (χ2v) is 6.67. The first-order valence-electron chi connectivity index (χ1n) is 6.38. The van der Waals surface area contributed by atoms with Gasteiger partial charge in [-0.3, -0.25) is 4.98 Å². The van der Waals surface area contributed by atoms with Gasteiger partial charge in [0.15, 0.2) is 0 Å². The zero-order valence-corrected chi connectivity index (χ0v) is 12.5. The van der Waals surface area contributed by atoms with E-state index in [4.69, 9.17) is 5.73 Å². The molecule has 2 N–H and O–H groups in total. The Morgan fingerprint density at radius 2 is 1.79 bits per heavy atom. The average Bonchev–Trinajstić information content (AvgIpc) is 2.37. The number of aromatic nitrogens is 1. The Hall–Kier alpha value is -1.48. The molecule has 3 heteroatoms. The second kappa shape index (κ2) is 5.66. The Balaban J connectivity index is 2.03. The minimum atomic E-state index is 0.210. The van der Waals surface area contributed by atoms with E-state index < -0.39 is 0 Å². The molecule has 0 aliphatic carbocycles. The number of thioether (sulfide) groups is 1. The summed E-state index contributed by atoms with van der Waals surface area (Å²) in [5.74, 6) is 0.929. The first-order chi connectivity index (χ1) is 8.97. The molecule has 0 saturated heterocycles. The van der Waals surface area contributed by atoms with Crippen LogP contribution < -0.4 is 5.73 Å². The van der Waals surface area contributed by atoms with Gasteiger partial charge in [-0.2, -0.15) is 0 Å². The van der Waals surface area contributed by atoms with Crippen LogP contribution in [0.1, 0.15) is 31.9 Å². The Morgan fingerprint density at radius 3 is 2.37 bits per heavy atom. The topological polar surface area (TPSA) is 38.9 Å². The van der Waals surface area contributed by atoms with Gasteiger partial charge in [-0.05, 0) is 22.6 Å². The summed E-state index contributed by atoms with van der Waals surface area (Å²) in [6, 6.07) is 10.8. The third-order valence-corrected chi connectivity index (χ3v) is 4.18.